The zero-order chi connectivity index (χ0) is 23.7. The van der Waals surface area contributed by atoms with Gasteiger partial charge in [0.05, 0.1) is 11.4 Å². The molecule has 176 valence electrons. The summed E-state index contributed by atoms with van der Waals surface area (Å²) in [7, 11) is -3.64. The third kappa shape index (κ3) is 4.34. The van der Waals surface area contributed by atoms with Gasteiger partial charge in [-0.25, -0.2) is 22.8 Å². The molecule has 3 heterocycles. The third-order valence-electron chi connectivity index (χ3n) is 6.24. The molecule has 0 unspecified atom stereocenters. The number of aromatic nitrogens is 3. The lowest BCUT2D eigenvalue weighted by Crippen LogP contribution is -2.48. The maximum absolute atomic E-state index is 13.2. The van der Waals surface area contributed by atoms with E-state index in [-0.39, 0.29) is 4.90 Å². The molecule has 2 aromatic heterocycles. The predicted octanol–water partition coefficient (Wildman–Crippen LogP) is 3.63. The number of halogens is 1. The molecule has 0 N–H and O–H groups in total. The van der Waals surface area contributed by atoms with Crippen LogP contribution in [-0.4, -0.2) is 58.3 Å². The summed E-state index contributed by atoms with van der Waals surface area (Å²) in [5, 5.41) is 0. The van der Waals surface area contributed by atoms with Gasteiger partial charge in [0.2, 0.25) is 10.0 Å². The Morgan fingerprint density at radius 2 is 1.65 bits per heavy atom. The van der Waals surface area contributed by atoms with Crippen LogP contribution in [0.5, 0.6) is 0 Å². The van der Waals surface area contributed by atoms with Gasteiger partial charge in [-0.1, -0.05) is 19.1 Å². The van der Waals surface area contributed by atoms with Gasteiger partial charge in [0.1, 0.15) is 17.2 Å². The highest BCUT2D eigenvalue weighted by Crippen LogP contribution is 2.23. The van der Waals surface area contributed by atoms with Crippen molar-refractivity contribution >= 4 is 21.2 Å². The van der Waals surface area contributed by atoms with Gasteiger partial charge in [-0.15, -0.1) is 0 Å². The number of sulfonamides is 1. The number of rotatable bonds is 6. The number of imidazole rings is 1. The second-order valence-corrected chi connectivity index (χ2v) is 10.3. The lowest BCUT2D eigenvalue weighted by molar-refractivity contribution is 0.177. The molecule has 2 aromatic carbocycles. The summed E-state index contributed by atoms with van der Waals surface area (Å²) >= 11 is 0. The molecule has 9 heteroatoms. The van der Waals surface area contributed by atoms with E-state index in [4.69, 9.17) is 4.98 Å². The van der Waals surface area contributed by atoms with E-state index in [0.717, 1.165) is 29.1 Å². The molecule has 0 atom stereocenters. The van der Waals surface area contributed by atoms with Crippen molar-refractivity contribution in [3.8, 4) is 5.69 Å². The van der Waals surface area contributed by atoms with Crippen LogP contribution in [0.3, 0.4) is 0 Å². The van der Waals surface area contributed by atoms with Crippen molar-refractivity contribution in [2.45, 2.75) is 24.8 Å². The summed E-state index contributed by atoms with van der Waals surface area (Å²) in [5.41, 5.74) is 3.90. The molecule has 0 radical (unpaired) electrons. The Balaban J connectivity index is 1.36. The fraction of sp³-hybridized carbons (Fsp3) is 0.280. The second kappa shape index (κ2) is 9.25. The van der Waals surface area contributed by atoms with E-state index < -0.39 is 15.8 Å². The van der Waals surface area contributed by atoms with Crippen LogP contribution in [0.15, 0.2) is 71.8 Å². The highest BCUT2D eigenvalue weighted by Gasteiger charge is 2.29. The van der Waals surface area contributed by atoms with Crippen LogP contribution < -0.4 is 0 Å². The van der Waals surface area contributed by atoms with Crippen LogP contribution in [-0.2, 0) is 23.0 Å². The molecule has 1 aliphatic rings. The van der Waals surface area contributed by atoms with E-state index in [1.54, 1.807) is 6.20 Å². The maximum Gasteiger partial charge on any atom is 0.243 e. The van der Waals surface area contributed by atoms with E-state index in [1.807, 2.05) is 12.1 Å². The molecule has 0 aliphatic carbocycles. The van der Waals surface area contributed by atoms with Crippen LogP contribution in [0.25, 0.3) is 16.9 Å². The number of hydrogen-bond acceptors (Lipinski definition) is 5. The zero-order valence-electron chi connectivity index (χ0n) is 18.9. The van der Waals surface area contributed by atoms with Crippen molar-refractivity contribution in [1.29, 1.82) is 0 Å². The number of aryl methyl sites for hydroxylation is 1. The Morgan fingerprint density at radius 3 is 2.32 bits per heavy atom. The SMILES string of the molecule is CCc1ccc(-n2c(CN3CCN(S(=O)(=O)c4ccc(F)cc4)CC3)nc3cccnc32)cc1. The molecule has 7 nitrogen and oxygen atoms in total. The highest BCUT2D eigenvalue weighted by atomic mass is 32.2. The average Bonchev–Trinajstić information content (AvgIpc) is 3.22. The standard InChI is InChI=1S/C25H26FN5O2S/c1-2-19-5-9-21(10-6-19)31-24(28-23-4-3-13-27-25(23)31)18-29-14-16-30(17-15-29)34(32,33)22-11-7-20(26)8-12-22/h3-13H,2,14-18H2,1H3. The first-order valence-electron chi connectivity index (χ1n) is 11.4. The molecule has 1 fully saturated rings. The second-order valence-electron chi connectivity index (χ2n) is 8.36. The summed E-state index contributed by atoms with van der Waals surface area (Å²) in [6.07, 6.45) is 2.74. The van der Waals surface area contributed by atoms with Crippen LogP contribution in [0, 0.1) is 5.82 Å². The van der Waals surface area contributed by atoms with Gasteiger partial charge in [0, 0.05) is 38.1 Å². The lowest BCUT2D eigenvalue weighted by Gasteiger charge is -2.33. The van der Waals surface area contributed by atoms with Crippen molar-refractivity contribution in [3.63, 3.8) is 0 Å². The van der Waals surface area contributed by atoms with Gasteiger partial charge in [0.25, 0.3) is 0 Å². The first kappa shape index (κ1) is 22.6. The summed E-state index contributed by atoms with van der Waals surface area (Å²) in [5.74, 6) is 0.415. The van der Waals surface area contributed by atoms with Crippen molar-refractivity contribution in [3.05, 3.63) is 84.1 Å². The number of pyridine rings is 1. The quantitative estimate of drug-likeness (QED) is 0.422. The molecule has 0 saturated carbocycles. The normalized spacial score (nSPS) is 15.7. The third-order valence-corrected chi connectivity index (χ3v) is 8.15. The summed E-state index contributed by atoms with van der Waals surface area (Å²) < 4.78 is 42.6. The molecule has 0 spiro atoms. The van der Waals surface area contributed by atoms with Crippen molar-refractivity contribution < 1.29 is 12.8 Å². The van der Waals surface area contributed by atoms with E-state index >= 15 is 0 Å². The molecular formula is C25H26FN5O2S. The van der Waals surface area contributed by atoms with Gasteiger partial charge in [-0.2, -0.15) is 4.31 Å². The first-order chi connectivity index (χ1) is 16.5. The molecule has 0 bridgehead atoms. The number of benzene rings is 2. The van der Waals surface area contributed by atoms with Crippen molar-refractivity contribution in [1.82, 2.24) is 23.7 Å². The smallest absolute Gasteiger partial charge is 0.243 e. The number of piperazine rings is 1. The van der Waals surface area contributed by atoms with Crippen molar-refractivity contribution in [2.75, 3.05) is 26.2 Å². The van der Waals surface area contributed by atoms with Crippen LogP contribution >= 0.6 is 0 Å². The number of nitrogens with zero attached hydrogens (tertiary/aromatic N) is 5. The van der Waals surface area contributed by atoms with E-state index in [2.05, 4.69) is 45.6 Å². The Kier molecular flexibility index (Phi) is 6.16. The molecule has 0 amide bonds. The summed E-state index contributed by atoms with van der Waals surface area (Å²) in [4.78, 5) is 11.7. The fourth-order valence-corrected chi connectivity index (χ4v) is 5.72. The average molecular weight is 480 g/mol. The van der Waals surface area contributed by atoms with Gasteiger partial charge in [-0.05, 0) is 60.5 Å². The van der Waals surface area contributed by atoms with Crippen LogP contribution in [0.4, 0.5) is 4.39 Å². The zero-order valence-corrected chi connectivity index (χ0v) is 19.7. The Labute approximate surface area is 198 Å². The molecule has 5 rings (SSSR count). The first-order valence-corrected chi connectivity index (χ1v) is 12.8. The Bertz CT molecular complexity index is 1390. The molecule has 4 aromatic rings. The van der Waals surface area contributed by atoms with Crippen LogP contribution in [0.1, 0.15) is 18.3 Å². The number of fused-ring (bicyclic) bond motifs is 1. The van der Waals surface area contributed by atoms with E-state index in [1.165, 1.54) is 34.1 Å². The monoisotopic (exact) mass is 479 g/mol. The number of hydrogen-bond donors (Lipinski definition) is 0. The van der Waals surface area contributed by atoms with E-state index in [9.17, 15) is 12.8 Å². The summed E-state index contributed by atoms with van der Waals surface area (Å²) in [6, 6.07) is 17.2. The minimum absolute atomic E-state index is 0.116. The van der Waals surface area contributed by atoms with Crippen molar-refractivity contribution in [2.24, 2.45) is 0 Å². The molecule has 34 heavy (non-hydrogen) atoms. The predicted molar refractivity (Wildman–Crippen MR) is 129 cm³/mol. The van der Waals surface area contributed by atoms with Gasteiger partial charge >= 0.3 is 0 Å². The largest absolute Gasteiger partial charge is 0.293 e. The minimum atomic E-state index is -3.64. The Morgan fingerprint density at radius 1 is 0.941 bits per heavy atom. The lowest BCUT2D eigenvalue weighted by atomic mass is 10.1. The van der Waals surface area contributed by atoms with Crippen LogP contribution in [0.2, 0.25) is 0 Å². The maximum atomic E-state index is 13.2. The molecular weight excluding hydrogens is 453 g/mol. The van der Waals surface area contributed by atoms with Gasteiger partial charge < -0.3 is 0 Å². The van der Waals surface area contributed by atoms with Gasteiger partial charge in [0.15, 0.2) is 5.65 Å². The summed E-state index contributed by atoms with van der Waals surface area (Å²) in [6.45, 7) is 4.59. The fourth-order valence-electron chi connectivity index (χ4n) is 4.30. The highest BCUT2D eigenvalue weighted by molar-refractivity contribution is 7.89. The Hall–Kier alpha value is -3.14. The van der Waals surface area contributed by atoms with Gasteiger partial charge in [-0.3, -0.25) is 9.47 Å². The molecule has 1 saturated heterocycles. The minimum Gasteiger partial charge on any atom is -0.293 e. The topological polar surface area (TPSA) is 71.3 Å². The molecule has 1 aliphatic heterocycles. The van der Waals surface area contributed by atoms with E-state index in [0.29, 0.717) is 32.7 Å².